The number of anilines is 1. The van der Waals surface area contributed by atoms with E-state index in [-0.39, 0.29) is 0 Å². The first-order valence-corrected chi connectivity index (χ1v) is 4.74. The van der Waals surface area contributed by atoms with Crippen LogP contribution in [0.3, 0.4) is 0 Å². The van der Waals surface area contributed by atoms with Crippen molar-refractivity contribution < 1.29 is 13.9 Å². The molecule has 0 saturated heterocycles. The van der Waals surface area contributed by atoms with Gasteiger partial charge in [-0.3, -0.25) is 0 Å². The first-order valence-electron chi connectivity index (χ1n) is 4.74. The Morgan fingerprint density at radius 3 is 2.80 bits per heavy atom. The molecule has 0 aromatic heterocycles. The molecule has 0 radical (unpaired) electrons. The van der Waals surface area contributed by atoms with Gasteiger partial charge in [-0.2, -0.15) is 0 Å². The summed E-state index contributed by atoms with van der Waals surface area (Å²) < 4.78 is 17.0. The van der Waals surface area contributed by atoms with Crippen LogP contribution in [0.2, 0.25) is 0 Å². The van der Waals surface area contributed by atoms with E-state index < -0.39 is 12.6 Å². The van der Waals surface area contributed by atoms with E-state index >= 15 is 0 Å². The van der Waals surface area contributed by atoms with Crippen LogP contribution in [0, 0.1) is 0 Å². The van der Waals surface area contributed by atoms with E-state index in [0.717, 1.165) is 0 Å². The van der Waals surface area contributed by atoms with Crippen molar-refractivity contribution in [3.63, 3.8) is 0 Å². The van der Waals surface area contributed by atoms with Crippen LogP contribution >= 0.6 is 0 Å². The van der Waals surface area contributed by atoms with Crippen molar-refractivity contribution in [3.05, 3.63) is 29.3 Å². The van der Waals surface area contributed by atoms with Crippen molar-refractivity contribution in [1.82, 2.24) is 0 Å². The molecule has 1 N–H and O–H groups in total. The van der Waals surface area contributed by atoms with Gasteiger partial charge < -0.3 is 10.1 Å². The van der Waals surface area contributed by atoms with Gasteiger partial charge in [0.25, 0.3) is 0 Å². The van der Waals surface area contributed by atoms with Gasteiger partial charge in [0.1, 0.15) is 6.67 Å². The predicted molar refractivity (Wildman–Crippen MR) is 56.8 cm³/mol. The maximum absolute atomic E-state index is 12.4. The molecular weight excluding hydrogens is 197 g/mol. The van der Waals surface area contributed by atoms with Crippen LogP contribution in [0.15, 0.2) is 18.2 Å². The quantitative estimate of drug-likeness (QED) is 0.777. The van der Waals surface area contributed by atoms with Gasteiger partial charge in [-0.05, 0) is 24.6 Å². The third kappa shape index (κ3) is 2.68. The number of nitrogens with one attached hydrogen (secondary N) is 1. The Bertz CT molecular complexity index is 352. The maximum atomic E-state index is 12.4. The van der Waals surface area contributed by atoms with Crippen molar-refractivity contribution in [1.29, 1.82) is 0 Å². The zero-order valence-electron chi connectivity index (χ0n) is 8.84. The fraction of sp³-hybridized carbons (Fsp3) is 0.364. The van der Waals surface area contributed by atoms with E-state index in [4.69, 9.17) is 0 Å². The smallest absolute Gasteiger partial charge is 0.339 e. The summed E-state index contributed by atoms with van der Waals surface area (Å²) in [5.41, 5.74) is 1.58. The summed E-state index contributed by atoms with van der Waals surface area (Å²) in [6, 6.07) is 4.77. The van der Waals surface area contributed by atoms with Gasteiger partial charge in [0.05, 0.1) is 12.7 Å². The van der Waals surface area contributed by atoms with Crippen LogP contribution < -0.4 is 5.32 Å². The highest BCUT2D eigenvalue weighted by Crippen LogP contribution is 2.19. The zero-order chi connectivity index (χ0) is 11.3. The normalized spacial score (nSPS) is 9.80. The number of ether oxygens (including phenoxy) is 1. The fourth-order valence-electron chi connectivity index (χ4n) is 1.30. The Kier molecular flexibility index (Phi) is 4.09. The van der Waals surface area contributed by atoms with E-state index in [9.17, 15) is 9.18 Å². The molecule has 4 heteroatoms. The van der Waals surface area contributed by atoms with Gasteiger partial charge in [0.2, 0.25) is 0 Å². The molecule has 15 heavy (non-hydrogen) atoms. The summed E-state index contributed by atoms with van der Waals surface area (Å²) in [4.78, 5) is 11.4. The molecule has 3 nitrogen and oxygen atoms in total. The average molecular weight is 211 g/mol. The van der Waals surface area contributed by atoms with Crippen LogP contribution in [0.1, 0.15) is 22.8 Å². The highest BCUT2D eigenvalue weighted by Gasteiger charge is 2.11. The van der Waals surface area contributed by atoms with Gasteiger partial charge in [0, 0.05) is 12.2 Å². The molecule has 0 spiro atoms. The van der Waals surface area contributed by atoms with E-state index in [1.807, 2.05) is 6.92 Å². The van der Waals surface area contributed by atoms with E-state index in [1.54, 1.807) is 18.2 Å². The molecule has 0 bridgehead atoms. The molecule has 1 aromatic carbocycles. The van der Waals surface area contributed by atoms with Crippen LogP contribution in [0.25, 0.3) is 0 Å². The van der Waals surface area contributed by atoms with Crippen LogP contribution in [0.5, 0.6) is 0 Å². The van der Waals surface area contributed by atoms with Crippen molar-refractivity contribution in [3.8, 4) is 0 Å². The van der Waals surface area contributed by atoms with Crippen molar-refractivity contribution in [2.45, 2.75) is 13.6 Å². The molecule has 82 valence electrons. The van der Waals surface area contributed by atoms with E-state index in [0.29, 0.717) is 23.4 Å². The summed E-state index contributed by atoms with van der Waals surface area (Å²) >= 11 is 0. The molecule has 0 aliphatic heterocycles. The summed E-state index contributed by atoms with van der Waals surface area (Å²) in [6.07, 6.45) is 0. The minimum Gasteiger partial charge on any atom is -0.465 e. The summed E-state index contributed by atoms with van der Waals surface area (Å²) in [5, 5.41) is 3.00. The molecule has 0 saturated carbocycles. The monoisotopic (exact) mass is 211 g/mol. The first-order chi connectivity index (χ1) is 7.22. The van der Waals surface area contributed by atoms with Gasteiger partial charge >= 0.3 is 5.97 Å². The van der Waals surface area contributed by atoms with Crippen LogP contribution in [-0.2, 0) is 11.4 Å². The lowest BCUT2D eigenvalue weighted by Crippen LogP contribution is -2.08. The number of alkyl halides is 1. The Labute approximate surface area is 88.2 Å². The average Bonchev–Trinajstić information content (AvgIpc) is 2.28. The number of hydrogen-bond acceptors (Lipinski definition) is 3. The van der Waals surface area contributed by atoms with Gasteiger partial charge in [-0.25, -0.2) is 9.18 Å². The van der Waals surface area contributed by atoms with E-state index in [2.05, 4.69) is 10.1 Å². The molecule has 1 aromatic rings. The third-order valence-electron chi connectivity index (χ3n) is 2.01. The number of hydrogen-bond donors (Lipinski definition) is 1. The Hall–Kier alpha value is -1.58. The summed E-state index contributed by atoms with van der Waals surface area (Å²) in [6.45, 7) is 2.03. The van der Waals surface area contributed by atoms with Crippen molar-refractivity contribution >= 4 is 11.7 Å². The highest BCUT2D eigenvalue weighted by molar-refractivity contribution is 5.95. The second-order valence-electron chi connectivity index (χ2n) is 3.04. The number of benzene rings is 1. The lowest BCUT2D eigenvalue weighted by atomic mass is 10.1. The number of carbonyl (C=O) groups excluding carboxylic acids is 1. The highest BCUT2D eigenvalue weighted by atomic mass is 19.1. The minimum atomic E-state index is -0.542. The van der Waals surface area contributed by atoms with Crippen LogP contribution in [0.4, 0.5) is 10.1 Å². The lowest BCUT2D eigenvalue weighted by molar-refractivity contribution is 0.0602. The standard InChI is InChI=1S/C11H14FNO2/c1-3-13-10-6-8(7-12)4-5-9(10)11(14)15-2/h4-6,13H,3,7H2,1-2H3. The number of rotatable bonds is 4. The number of esters is 1. The molecule has 0 amide bonds. The van der Waals surface area contributed by atoms with Gasteiger partial charge in [-0.15, -0.1) is 0 Å². The third-order valence-corrected chi connectivity index (χ3v) is 2.01. The number of halogens is 1. The molecule has 0 aliphatic rings. The molecule has 0 fully saturated rings. The minimum absolute atomic E-state index is 0.420. The molecule has 0 aliphatic carbocycles. The molecule has 0 atom stereocenters. The largest absolute Gasteiger partial charge is 0.465 e. The Morgan fingerprint density at radius 2 is 2.27 bits per heavy atom. The number of carbonyl (C=O) groups is 1. The lowest BCUT2D eigenvalue weighted by Gasteiger charge is -2.10. The summed E-state index contributed by atoms with van der Waals surface area (Å²) in [5.74, 6) is -0.420. The SMILES string of the molecule is CCNc1cc(CF)ccc1C(=O)OC. The second kappa shape index (κ2) is 5.34. The first kappa shape index (κ1) is 11.5. The molecule has 0 unspecified atom stereocenters. The van der Waals surface area contributed by atoms with E-state index in [1.165, 1.54) is 7.11 Å². The summed E-state index contributed by atoms with van der Waals surface area (Å²) in [7, 11) is 1.32. The van der Waals surface area contributed by atoms with Gasteiger partial charge in [-0.1, -0.05) is 6.07 Å². The molecule has 0 heterocycles. The second-order valence-corrected chi connectivity index (χ2v) is 3.04. The predicted octanol–water partition coefficient (Wildman–Crippen LogP) is 2.37. The molecule has 1 rings (SSSR count). The Balaban J connectivity index is 3.08. The zero-order valence-corrected chi connectivity index (χ0v) is 8.84. The Morgan fingerprint density at radius 1 is 1.53 bits per heavy atom. The van der Waals surface area contributed by atoms with Gasteiger partial charge in [0.15, 0.2) is 0 Å². The van der Waals surface area contributed by atoms with Crippen molar-refractivity contribution in [2.24, 2.45) is 0 Å². The van der Waals surface area contributed by atoms with Crippen molar-refractivity contribution in [2.75, 3.05) is 19.0 Å². The maximum Gasteiger partial charge on any atom is 0.339 e. The van der Waals surface area contributed by atoms with Crippen LogP contribution in [-0.4, -0.2) is 19.6 Å². The topological polar surface area (TPSA) is 38.3 Å². The fourth-order valence-corrected chi connectivity index (χ4v) is 1.30. The number of methoxy groups -OCH3 is 1. The molecular formula is C11H14FNO2.